The molecule has 66 valence electrons. The molecule has 1 unspecified atom stereocenters. The number of thiophene rings is 1. The Kier molecular flexibility index (Phi) is 2.87. The van der Waals surface area contributed by atoms with Crippen LogP contribution >= 0.6 is 27.3 Å². The summed E-state index contributed by atoms with van der Waals surface area (Å²) in [4.78, 5) is 2.10. The van der Waals surface area contributed by atoms with Crippen LogP contribution in [0.5, 0.6) is 0 Å². The van der Waals surface area contributed by atoms with Gasteiger partial charge in [0, 0.05) is 9.70 Å². The lowest BCUT2D eigenvalue weighted by atomic mass is 9.82. The van der Waals surface area contributed by atoms with Gasteiger partial charge in [0.2, 0.25) is 0 Å². The minimum Gasteiger partial charge on any atom is -0.148 e. The van der Waals surface area contributed by atoms with Crippen LogP contribution in [0.1, 0.15) is 35.4 Å². The van der Waals surface area contributed by atoms with Gasteiger partial charge in [-0.25, -0.2) is 0 Å². The summed E-state index contributed by atoms with van der Waals surface area (Å²) in [6.45, 7) is 0. The summed E-state index contributed by atoms with van der Waals surface area (Å²) < 4.78 is 0. The van der Waals surface area contributed by atoms with Gasteiger partial charge in [0.25, 0.3) is 0 Å². The van der Waals surface area contributed by atoms with E-state index in [1.54, 1.807) is 0 Å². The van der Waals surface area contributed by atoms with E-state index in [4.69, 9.17) is 0 Å². The third-order valence-electron chi connectivity index (χ3n) is 2.62. The molecule has 0 radical (unpaired) electrons. The molecule has 0 nitrogen and oxygen atoms in total. The van der Waals surface area contributed by atoms with E-state index in [0.717, 1.165) is 5.92 Å². The van der Waals surface area contributed by atoms with E-state index in [1.807, 2.05) is 11.3 Å². The first kappa shape index (κ1) is 8.76. The van der Waals surface area contributed by atoms with Crippen LogP contribution < -0.4 is 0 Å². The van der Waals surface area contributed by atoms with Gasteiger partial charge in [-0.05, 0) is 23.8 Å². The van der Waals surface area contributed by atoms with Gasteiger partial charge in [0.15, 0.2) is 0 Å². The lowest BCUT2D eigenvalue weighted by Gasteiger charge is -2.27. The molecule has 0 bridgehead atoms. The van der Waals surface area contributed by atoms with Crippen molar-refractivity contribution in [3.63, 3.8) is 0 Å². The van der Waals surface area contributed by atoms with Gasteiger partial charge in [-0.1, -0.05) is 41.3 Å². The van der Waals surface area contributed by atoms with Gasteiger partial charge in [0.05, 0.1) is 0 Å². The molecule has 0 aromatic carbocycles. The molecule has 1 aromatic rings. The molecular weight excluding hydrogens is 232 g/mol. The Morgan fingerprint density at radius 1 is 1.58 bits per heavy atom. The summed E-state index contributed by atoms with van der Waals surface area (Å²) in [6, 6.07) is 4.36. The maximum atomic E-state index is 3.75. The summed E-state index contributed by atoms with van der Waals surface area (Å²) >= 11 is 5.61. The zero-order chi connectivity index (χ0) is 8.39. The molecule has 1 atom stereocenters. The van der Waals surface area contributed by atoms with Crippen molar-refractivity contribution in [2.45, 2.75) is 30.5 Å². The molecule has 0 saturated heterocycles. The second-order valence-corrected chi connectivity index (χ2v) is 5.60. The average molecular weight is 245 g/mol. The molecule has 12 heavy (non-hydrogen) atoms. The van der Waals surface area contributed by atoms with Gasteiger partial charge in [-0.2, -0.15) is 0 Å². The van der Waals surface area contributed by atoms with Crippen LogP contribution in [-0.4, -0.2) is 0 Å². The second kappa shape index (κ2) is 3.93. The Hall–Kier alpha value is 0.180. The second-order valence-electron chi connectivity index (χ2n) is 3.52. The SMILES string of the molecule is BrC(CC1CCC1)c1cccs1. The predicted molar refractivity (Wildman–Crippen MR) is 57.9 cm³/mol. The van der Waals surface area contributed by atoms with E-state index in [9.17, 15) is 0 Å². The summed E-state index contributed by atoms with van der Waals surface area (Å²) in [5.41, 5.74) is 0. The van der Waals surface area contributed by atoms with Crippen molar-refractivity contribution < 1.29 is 0 Å². The largest absolute Gasteiger partial charge is 0.148 e. The molecule has 0 amide bonds. The van der Waals surface area contributed by atoms with E-state index >= 15 is 0 Å². The van der Waals surface area contributed by atoms with Crippen molar-refractivity contribution in [1.29, 1.82) is 0 Å². The summed E-state index contributed by atoms with van der Waals surface area (Å²) in [5, 5.41) is 2.16. The van der Waals surface area contributed by atoms with E-state index in [1.165, 1.54) is 30.6 Å². The molecule has 0 N–H and O–H groups in total. The highest BCUT2D eigenvalue weighted by Crippen LogP contribution is 2.39. The van der Waals surface area contributed by atoms with Crippen molar-refractivity contribution in [1.82, 2.24) is 0 Å². The van der Waals surface area contributed by atoms with E-state index < -0.39 is 0 Å². The zero-order valence-electron chi connectivity index (χ0n) is 7.00. The third kappa shape index (κ3) is 1.91. The van der Waals surface area contributed by atoms with Crippen molar-refractivity contribution in [2.75, 3.05) is 0 Å². The van der Waals surface area contributed by atoms with Gasteiger partial charge in [0.1, 0.15) is 0 Å². The fraction of sp³-hybridized carbons (Fsp3) is 0.600. The molecule has 1 aliphatic carbocycles. The lowest BCUT2D eigenvalue weighted by molar-refractivity contribution is 0.296. The number of hydrogen-bond acceptors (Lipinski definition) is 1. The fourth-order valence-electron chi connectivity index (χ4n) is 1.61. The minimum atomic E-state index is 0.614. The standard InChI is InChI=1S/C10H13BrS/c11-9(7-8-3-1-4-8)10-5-2-6-12-10/h2,5-6,8-9H,1,3-4,7H2. The van der Waals surface area contributed by atoms with Crippen molar-refractivity contribution in [2.24, 2.45) is 5.92 Å². The van der Waals surface area contributed by atoms with Crippen LogP contribution in [0, 0.1) is 5.92 Å². The Morgan fingerprint density at radius 3 is 2.92 bits per heavy atom. The third-order valence-corrected chi connectivity index (χ3v) is 4.77. The maximum absolute atomic E-state index is 3.75. The van der Waals surface area contributed by atoms with E-state index in [0.29, 0.717) is 4.83 Å². The molecule has 1 aliphatic rings. The molecule has 1 fully saturated rings. The summed E-state index contributed by atoms with van der Waals surface area (Å²) in [7, 11) is 0. The first-order valence-corrected chi connectivity index (χ1v) is 6.33. The molecular formula is C10H13BrS. The smallest absolute Gasteiger partial charge is 0.0491 e. The first-order chi connectivity index (χ1) is 5.86. The highest BCUT2D eigenvalue weighted by Gasteiger charge is 2.21. The molecule has 0 spiro atoms. The molecule has 1 aromatic heterocycles. The Balaban J connectivity index is 1.87. The van der Waals surface area contributed by atoms with Crippen molar-refractivity contribution in [3.05, 3.63) is 22.4 Å². The van der Waals surface area contributed by atoms with Crippen molar-refractivity contribution in [3.8, 4) is 0 Å². The molecule has 2 heteroatoms. The monoisotopic (exact) mass is 244 g/mol. The fourth-order valence-corrected chi connectivity index (χ4v) is 3.33. The topological polar surface area (TPSA) is 0 Å². The van der Waals surface area contributed by atoms with Crippen LogP contribution in [0.2, 0.25) is 0 Å². The number of rotatable bonds is 3. The van der Waals surface area contributed by atoms with Crippen LogP contribution in [-0.2, 0) is 0 Å². The van der Waals surface area contributed by atoms with Gasteiger partial charge < -0.3 is 0 Å². The number of halogens is 1. The number of hydrogen-bond donors (Lipinski definition) is 0. The highest BCUT2D eigenvalue weighted by atomic mass is 79.9. The van der Waals surface area contributed by atoms with E-state index in [2.05, 4.69) is 33.4 Å². The number of alkyl halides is 1. The van der Waals surface area contributed by atoms with Crippen LogP contribution in [0.4, 0.5) is 0 Å². The quantitative estimate of drug-likeness (QED) is 0.693. The maximum Gasteiger partial charge on any atom is 0.0491 e. The summed E-state index contributed by atoms with van der Waals surface area (Å²) in [6.07, 6.45) is 5.69. The van der Waals surface area contributed by atoms with Gasteiger partial charge in [-0.15, -0.1) is 11.3 Å². The van der Waals surface area contributed by atoms with Crippen LogP contribution in [0.3, 0.4) is 0 Å². The molecule has 0 aliphatic heterocycles. The lowest BCUT2D eigenvalue weighted by Crippen LogP contribution is -2.12. The normalized spacial score (nSPS) is 20.4. The summed E-state index contributed by atoms with van der Waals surface area (Å²) in [5.74, 6) is 0.997. The van der Waals surface area contributed by atoms with E-state index in [-0.39, 0.29) is 0 Å². The Morgan fingerprint density at radius 2 is 2.42 bits per heavy atom. The molecule has 2 rings (SSSR count). The Bertz CT molecular complexity index is 226. The first-order valence-electron chi connectivity index (χ1n) is 4.54. The van der Waals surface area contributed by atoms with Gasteiger partial charge in [-0.3, -0.25) is 0 Å². The molecule has 1 heterocycles. The minimum absolute atomic E-state index is 0.614. The highest BCUT2D eigenvalue weighted by molar-refractivity contribution is 9.09. The van der Waals surface area contributed by atoms with Crippen LogP contribution in [0.15, 0.2) is 17.5 Å². The zero-order valence-corrected chi connectivity index (χ0v) is 9.40. The van der Waals surface area contributed by atoms with Crippen molar-refractivity contribution >= 4 is 27.3 Å². The van der Waals surface area contributed by atoms with Gasteiger partial charge >= 0.3 is 0 Å². The Labute approximate surface area is 86.1 Å². The average Bonchev–Trinajstić information content (AvgIpc) is 2.47. The van der Waals surface area contributed by atoms with Crippen LogP contribution in [0.25, 0.3) is 0 Å². The molecule has 1 saturated carbocycles. The predicted octanol–water partition coefficient (Wildman–Crippen LogP) is 4.37.